The van der Waals surface area contributed by atoms with E-state index in [0.717, 1.165) is 0 Å². The van der Waals surface area contributed by atoms with Gasteiger partial charge in [0.1, 0.15) is 0 Å². The van der Waals surface area contributed by atoms with Gasteiger partial charge in [-0.3, -0.25) is 4.79 Å². The number of carbonyl (C=O) groups excluding carboxylic acids is 1. The van der Waals surface area contributed by atoms with Crippen LogP contribution in [0.25, 0.3) is 0 Å². The molecule has 3 heteroatoms. The molecule has 0 bridgehead atoms. The Bertz CT molecular complexity index is 21.6. The van der Waals surface area contributed by atoms with Crippen LogP contribution < -0.4 is 0 Å². The van der Waals surface area contributed by atoms with Crippen molar-refractivity contribution in [2.45, 2.75) is 0 Å². The third kappa shape index (κ3) is 12.9. The van der Waals surface area contributed by atoms with Crippen molar-refractivity contribution in [2.24, 2.45) is 0 Å². The van der Waals surface area contributed by atoms with E-state index in [1.165, 1.54) is 7.11 Å². The van der Waals surface area contributed by atoms with Crippen molar-refractivity contribution in [3.8, 4) is 0 Å². The predicted octanol–water partition coefficient (Wildman–Crippen LogP) is -0.213. The summed E-state index contributed by atoms with van der Waals surface area (Å²) in [5.41, 5.74) is 0. The number of ether oxygens (including phenoxy) is 1. The van der Waals surface area contributed by atoms with E-state index >= 15 is 0 Å². The van der Waals surface area contributed by atoms with Crippen molar-refractivity contribution in [1.29, 1.82) is 0 Å². The van der Waals surface area contributed by atoms with Gasteiger partial charge < -0.3 is 4.74 Å². The van der Waals surface area contributed by atoms with E-state index < -0.39 is 0 Å². The van der Waals surface area contributed by atoms with Crippen LogP contribution in [-0.2, 0) is 37.2 Å². The molecule has 0 spiro atoms. The summed E-state index contributed by atoms with van der Waals surface area (Å²) in [7, 11) is 1.31. The first kappa shape index (κ1) is 9.05. The average molecular weight is 261 g/mol. The number of methoxy groups -OCH3 is 1. The normalized spacial score (nSPS) is 4.20. The molecule has 0 saturated carbocycles. The second-order valence-electron chi connectivity index (χ2n) is 0.332. The second kappa shape index (κ2) is 8.83. The molecule has 0 N–H and O–H groups in total. The molecule has 0 heterocycles. The van der Waals surface area contributed by atoms with E-state index in [1.54, 1.807) is 0 Å². The number of carbonyl (C=O) groups is 1. The van der Waals surface area contributed by atoms with E-state index in [-0.39, 0.29) is 27.7 Å². The molecule has 0 aliphatic rings. The first-order chi connectivity index (χ1) is 1.91. The molecule has 0 aliphatic carbocycles. The first-order valence-electron chi connectivity index (χ1n) is 0.880. The maximum atomic E-state index is 8.95. The van der Waals surface area contributed by atoms with Crippen LogP contribution in [0, 0.1) is 0 Å². The third-order valence-corrected chi connectivity index (χ3v) is 0.0962. The maximum Gasteiger partial charge on any atom is 0.292 e. The van der Waals surface area contributed by atoms with Crippen LogP contribution in [0.15, 0.2) is 0 Å². The molecule has 5 heavy (non-hydrogen) atoms. The van der Waals surface area contributed by atoms with Crippen LogP contribution >= 0.6 is 0 Å². The second-order valence-corrected chi connectivity index (χ2v) is 0.332. The summed E-state index contributed by atoms with van der Waals surface area (Å²) in [4.78, 5) is 8.95. The molecule has 0 atom stereocenters. The molecular weight excluding hydrogens is 257 g/mol. The van der Waals surface area contributed by atoms with Crippen molar-refractivity contribution in [2.75, 3.05) is 7.11 Å². The minimum absolute atomic E-state index is 0. The van der Waals surface area contributed by atoms with Gasteiger partial charge in [0.05, 0.1) is 7.11 Å². The zero-order valence-electron chi connectivity index (χ0n) is 3.10. The molecule has 0 fully saturated rings. The molecule has 0 amide bonds. The fraction of sp³-hybridized carbons (Fsp3) is 0.500. The Morgan fingerprint density at radius 1 is 1.80 bits per heavy atom. The van der Waals surface area contributed by atoms with E-state index in [9.17, 15) is 0 Å². The first-order valence-corrected chi connectivity index (χ1v) is 0.880. The molecule has 0 aromatic heterocycles. The minimum Gasteiger partial charge on any atom is -0.471 e. The summed E-state index contributed by atoms with van der Waals surface area (Å²) in [6, 6.07) is 0. The number of hydrogen-bond donors (Lipinski definition) is 0. The number of hydrogen-bond acceptors (Lipinski definition) is 2. The van der Waals surface area contributed by atoms with Gasteiger partial charge in [0, 0.05) is 27.7 Å². The fourth-order valence-corrected chi connectivity index (χ4v) is 0. The van der Waals surface area contributed by atoms with Gasteiger partial charge in [-0.25, -0.2) is 0 Å². The van der Waals surface area contributed by atoms with Crippen molar-refractivity contribution >= 4 is 6.47 Å². The van der Waals surface area contributed by atoms with E-state index in [0.29, 0.717) is 6.47 Å². The summed E-state index contributed by atoms with van der Waals surface area (Å²) >= 11 is 0. The van der Waals surface area contributed by atoms with E-state index in [2.05, 4.69) is 4.74 Å². The van der Waals surface area contributed by atoms with Gasteiger partial charge in [0.15, 0.2) is 0 Å². The summed E-state index contributed by atoms with van der Waals surface area (Å²) in [6.45, 7) is 0.375. The zero-order valence-corrected chi connectivity index (χ0v) is 8.60. The molecule has 0 radical (unpaired) electrons. The van der Waals surface area contributed by atoms with Gasteiger partial charge in [0.25, 0.3) is 6.47 Å². The van der Waals surface area contributed by atoms with Crippen LogP contribution in [0.4, 0.5) is 0 Å². The molecule has 2 nitrogen and oxygen atoms in total. The van der Waals surface area contributed by atoms with Crippen LogP contribution in [0.3, 0.4) is 0 Å². The standard InChI is InChI=1S/C2H4O2.Hg/c1-4-2-3;/h2H,1H3;. The topological polar surface area (TPSA) is 26.3 Å². The summed E-state index contributed by atoms with van der Waals surface area (Å²) < 4.78 is 3.86. The summed E-state index contributed by atoms with van der Waals surface area (Å²) in [6.07, 6.45) is 0. The fourth-order valence-electron chi connectivity index (χ4n) is 0. The third-order valence-electron chi connectivity index (χ3n) is 0.0962. The van der Waals surface area contributed by atoms with Crippen molar-refractivity contribution in [3.63, 3.8) is 0 Å². The molecular formula is C2H4HgO2. The van der Waals surface area contributed by atoms with Crippen molar-refractivity contribution in [3.05, 3.63) is 0 Å². The quantitative estimate of drug-likeness (QED) is 0.482. The van der Waals surface area contributed by atoms with E-state index in [4.69, 9.17) is 4.79 Å². The summed E-state index contributed by atoms with van der Waals surface area (Å²) in [5, 5.41) is 0. The van der Waals surface area contributed by atoms with Gasteiger partial charge in [-0.05, 0) is 0 Å². The maximum absolute atomic E-state index is 8.95. The van der Waals surface area contributed by atoms with Crippen LogP contribution in [0.5, 0.6) is 0 Å². The van der Waals surface area contributed by atoms with Gasteiger partial charge in [-0.2, -0.15) is 0 Å². The van der Waals surface area contributed by atoms with Gasteiger partial charge in [-0.1, -0.05) is 0 Å². The Kier molecular flexibility index (Phi) is 16.0. The van der Waals surface area contributed by atoms with Crippen molar-refractivity contribution < 1.29 is 37.2 Å². The molecule has 26 valence electrons. The van der Waals surface area contributed by atoms with Crippen LogP contribution in [0.2, 0.25) is 0 Å². The van der Waals surface area contributed by atoms with E-state index in [1.807, 2.05) is 0 Å². The van der Waals surface area contributed by atoms with Crippen molar-refractivity contribution in [1.82, 2.24) is 0 Å². The van der Waals surface area contributed by atoms with Gasteiger partial charge in [0.2, 0.25) is 0 Å². The largest absolute Gasteiger partial charge is 0.471 e. The molecule has 0 rings (SSSR count). The van der Waals surface area contributed by atoms with Gasteiger partial charge >= 0.3 is 0 Å². The Balaban J connectivity index is 0. The van der Waals surface area contributed by atoms with Crippen LogP contribution in [-0.4, -0.2) is 13.6 Å². The minimum atomic E-state index is 0. The summed E-state index contributed by atoms with van der Waals surface area (Å²) in [5.74, 6) is 0. The average Bonchev–Trinajstić information content (AvgIpc) is 1.37. The smallest absolute Gasteiger partial charge is 0.292 e. The Morgan fingerprint density at radius 2 is 2.00 bits per heavy atom. The zero-order chi connectivity index (χ0) is 3.41. The number of rotatable bonds is 1. The molecule has 0 aromatic carbocycles. The van der Waals surface area contributed by atoms with Crippen LogP contribution in [0.1, 0.15) is 0 Å². The molecule has 0 aliphatic heterocycles. The molecule has 0 aromatic rings. The Morgan fingerprint density at radius 3 is 2.00 bits per heavy atom. The van der Waals surface area contributed by atoms with Gasteiger partial charge in [-0.15, -0.1) is 0 Å². The molecule has 0 saturated heterocycles. The Hall–Kier alpha value is 0.405. The monoisotopic (exact) mass is 262 g/mol. The Labute approximate surface area is 51.0 Å². The SMILES string of the molecule is COC=O.[Hg]. The predicted molar refractivity (Wildman–Crippen MR) is 13.1 cm³/mol. The molecule has 0 unspecified atom stereocenters.